The summed E-state index contributed by atoms with van der Waals surface area (Å²) in [5.74, 6) is -0.452. The van der Waals surface area contributed by atoms with E-state index in [0.29, 0.717) is 28.9 Å². The predicted octanol–water partition coefficient (Wildman–Crippen LogP) is -0.379. The Bertz CT molecular complexity index is 502. The van der Waals surface area contributed by atoms with Crippen LogP contribution in [0.5, 0.6) is 0 Å². The van der Waals surface area contributed by atoms with Gasteiger partial charge >= 0.3 is 0 Å². The largest absolute Gasteiger partial charge is 0.377 e. The van der Waals surface area contributed by atoms with Gasteiger partial charge in [0.15, 0.2) is 5.13 Å². The molecule has 3 N–H and O–H groups in total. The first kappa shape index (κ1) is 13.8. The average molecular weight is 284 g/mol. The Kier molecular flexibility index (Phi) is 4.01. The molecular formula is C11H16N4O3S. The molecule has 1 aliphatic rings. The minimum absolute atomic E-state index is 0.207. The fourth-order valence-corrected chi connectivity index (χ4v) is 2.77. The Hall–Kier alpha value is -1.67. The highest BCUT2D eigenvalue weighted by Gasteiger charge is 2.34. The second-order valence-electron chi connectivity index (χ2n) is 4.17. The van der Waals surface area contributed by atoms with Crippen molar-refractivity contribution >= 4 is 28.3 Å². The van der Waals surface area contributed by atoms with Crippen molar-refractivity contribution in [2.45, 2.75) is 13.0 Å². The molecule has 8 heteroatoms. The number of thiazole rings is 1. The molecule has 1 aromatic rings. The zero-order valence-corrected chi connectivity index (χ0v) is 11.6. The van der Waals surface area contributed by atoms with Crippen LogP contribution >= 0.6 is 11.3 Å². The van der Waals surface area contributed by atoms with Crippen molar-refractivity contribution in [1.82, 2.24) is 15.2 Å². The number of anilines is 1. The number of aromatic nitrogens is 1. The van der Waals surface area contributed by atoms with Crippen LogP contribution in [0.25, 0.3) is 0 Å². The number of hydrogen-bond acceptors (Lipinski definition) is 6. The van der Waals surface area contributed by atoms with Gasteiger partial charge in [-0.05, 0) is 6.92 Å². The number of hydrogen-bond donors (Lipinski definition) is 2. The molecule has 0 aromatic carbocycles. The fraction of sp³-hybridized carbons (Fsp3) is 0.545. The zero-order chi connectivity index (χ0) is 14.0. The highest BCUT2D eigenvalue weighted by molar-refractivity contribution is 7.17. The van der Waals surface area contributed by atoms with Crippen molar-refractivity contribution in [2.24, 2.45) is 0 Å². The second kappa shape index (κ2) is 5.54. The van der Waals surface area contributed by atoms with E-state index in [0.717, 1.165) is 11.3 Å². The summed E-state index contributed by atoms with van der Waals surface area (Å²) in [6.45, 7) is 2.74. The summed E-state index contributed by atoms with van der Waals surface area (Å²) in [5.41, 5.74) is 6.19. The minimum Gasteiger partial charge on any atom is -0.377 e. The molecule has 1 aromatic heterocycles. The lowest BCUT2D eigenvalue weighted by atomic mass is 10.2. The van der Waals surface area contributed by atoms with Gasteiger partial charge < -0.3 is 20.7 Å². The molecule has 1 atom stereocenters. The van der Waals surface area contributed by atoms with Gasteiger partial charge in [0, 0.05) is 13.6 Å². The number of carbonyl (C=O) groups excluding carboxylic acids is 2. The van der Waals surface area contributed by atoms with Crippen LogP contribution in [0.3, 0.4) is 0 Å². The normalized spacial score (nSPS) is 19.3. The maximum Gasteiger partial charge on any atom is 0.266 e. The molecule has 7 nitrogen and oxygen atoms in total. The smallest absolute Gasteiger partial charge is 0.266 e. The summed E-state index contributed by atoms with van der Waals surface area (Å²) in [5, 5.41) is 2.89. The van der Waals surface area contributed by atoms with E-state index in [4.69, 9.17) is 10.5 Å². The Morgan fingerprint density at radius 2 is 2.32 bits per heavy atom. The van der Waals surface area contributed by atoms with Gasteiger partial charge in [0.05, 0.1) is 18.9 Å². The van der Waals surface area contributed by atoms with Gasteiger partial charge in [0.1, 0.15) is 10.9 Å². The Labute approximate surface area is 114 Å². The summed E-state index contributed by atoms with van der Waals surface area (Å²) in [7, 11) is 1.54. The number of aryl methyl sites for hydroxylation is 1. The molecule has 0 saturated carbocycles. The topological polar surface area (TPSA) is 97.5 Å². The van der Waals surface area contributed by atoms with E-state index in [2.05, 4.69) is 10.3 Å². The summed E-state index contributed by atoms with van der Waals surface area (Å²) < 4.78 is 5.27. The molecule has 19 heavy (non-hydrogen) atoms. The molecule has 0 bridgehead atoms. The van der Waals surface area contributed by atoms with E-state index in [1.54, 1.807) is 6.92 Å². The minimum atomic E-state index is -0.603. The number of carbonyl (C=O) groups is 2. The highest BCUT2D eigenvalue weighted by Crippen LogP contribution is 2.23. The maximum atomic E-state index is 12.5. The Balaban J connectivity index is 2.25. The van der Waals surface area contributed by atoms with Crippen LogP contribution in [0.4, 0.5) is 5.13 Å². The van der Waals surface area contributed by atoms with Crippen LogP contribution in [-0.2, 0) is 9.53 Å². The number of nitrogens with one attached hydrogen (secondary N) is 1. The van der Waals surface area contributed by atoms with E-state index in [1.165, 1.54) is 11.9 Å². The third kappa shape index (κ3) is 2.69. The number of nitrogen functional groups attached to an aromatic ring is 1. The highest BCUT2D eigenvalue weighted by atomic mass is 32.1. The van der Waals surface area contributed by atoms with E-state index < -0.39 is 6.04 Å². The van der Waals surface area contributed by atoms with Crippen molar-refractivity contribution in [1.29, 1.82) is 0 Å². The first-order chi connectivity index (χ1) is 9.04. The fourth-order valence-electron chi connectivity index (χ4n) is 1.98. The van der Waals surface area contributed by atoms with Gasteiger partial charge in [-0.15, -0.1) is 0 Å². The van der Waals surface area contributed by atoms with Gasteiger partial charge in [-0.3, -0.25) is 9.59 Å². The van der Waals surface area contributed by atoms with Crippen molar-refractivity contribution in [3.8, 4) is 0 Å². The van der Waals surface area contributed by atoms with Crippen molar-refractivity contribution < 1.29 is 14.3 Å². The van der Waals surface area contributed by atoms with Gasteiger partial charge in [-0.1, -0.05) is 11.3 Å². The average Bonchev–Trinajstić information content (AvgIpc) is 2.76. The van der Waals surface area contributed by atoms with E-state index in [9.17, 15) is 9.59 Å². The van der Waals surface area contributed by atoms with Crippen LogP contribution in [-0.4, -0.2) is 54.5 Å². The van der Waals surface area contributed by atoms with Crippen LogP contribution < -0.4 is 11.1 Å². The monoisotopic (exact) mass is 284 g/mol. The Morgan fingerprint density at radius 3 is 2.89 bits per heavy atom. The standard InChI is InChI=1S/C11H16N4O3S/c1-6-8(19-11(12)14-6)10(17)15-3-4-18-5-7(15)9(16)13-2/h7H,3-5H2,1-2H3,(H2,12,14)(H,13,16). The summed E-state index contributed by atoms with van der Waals surface area (Å²) in [4.78, 5) is 30.3. The molecule has 2 heterocycles. The van der Waals surface area contributed by atoms with Crippen molar-refractivity contribution in [3.63, 3.8) is 0 Å². The van der Waals surface area contributed by atoms with Crippen LogP contribution in [0.15, 0.2) is 0 Å². The predicted molar refractivity (Wildman–Crippen MR) is 71.0 cm³/mol. The number of morpholine rings is 1. The molecule has 2 rings (SSSR count). The SMILES string of the molecule is CNC(=O)C1COCCN1C(=O)c1sc(N)nc1C. The van der Waals surface area contributed by atoms with Crippen molar-refractivity contribution in [3.05, 3.63) is 10.6 Å². The number of nitrogens with two attached hydrogens (primary N) is 1. The lowest BCUT2D eigenvalue weighted by Crippen LogP contribution is -2.55. The lowest BCUT2D eigenvalue weighted by molar-refractivity contribution is -0.130. The van der Waals surface area contributed by atoms with Gasteiger partial charge in [0.25, 0.3) is 5.91 Å². The molecule has 0 aliphatic carbocycles. The number of amides is 2. The maximum absolute atomic E-state index is 12.5. The summed E-state index contributed by atoms with van der Waals surface area (Å²) >= 11 is 1.14. The Morgan fingerprint density at radius 1 is 1.58 bits per heavy atom. The molecule has 2 amide bonds. The molecule has 1 saturated heterocycles. The van der Waals surface area contributed by atoms with Crippen LogP contribution in [0.1, 0.15) is 15.4 Å². The van der Waals surface area contributed by atoms with E-state index in [-0.39, 0.29) is 18.4 Å². The van der Waals surface area contributed by atoms with Gasteiger partial charge in [-0.2, -0.15) is 0 Å². The lowest BCUT2D eigenvalue weighted by Gasteiger charge is -2.34. The second-order valence-corrected chi connectivity index (χ2v) is 5.20. The van der Waals surface area contributed by atoms with Gasteiger partial charge in [0.2, 0.25) is 5.91 Å². The van der Waals surface area contributed by atoms with Crippen LogP contribution in [0.2, 0.25) is 0 Å². The first-order valence-electron chi connectivity index (χ1n) is 5.87. The molecule has 1 fully saturated rings. The van der Waals surface area contributed by atoms with E-state index in [1.807, 2.05) is 0 Å². The number of likely N-dealkylation sites (N-methyl/N-ethyl adjacent to an activating group) is 1. The number of ether oxygens (including phenoxy) is 1. The third-order valence-electron chi connectivity index (χ3n) is 2.95. The summed E-state index contributed by atoms with van der Waals surface area (Å²) in [6.07, 6.45) is 0. The molecule has 0 radical (unpaired) electrons. The van der Waals surface area contributed by atoms with Crippen molar-refractivity contribution in [2.75, 3.05) is 32.5 Å². The molecular weight excluding hydrogens is 268 g/mol. The number of nitrogens with zero attached hydrogens (tertiary/aromatic N) is 2. The molecule has 1 unspecified atom stereocenters. The molecule has 0 spiro atoms. The number of rotatable bonds is 2. The molecule has 104 valence electrons. The quantitative estimate of drug-likeness (QED) is 0.771. The van der Waals surface area contributed by atoms with E-state index >= 15 is 0 Å². The first-order valence-corrected chi connectivity index (χ1v) is 6.69. The van der Waals surface area contributed by atoms with Crippen LogP contribution in [0, 0.1) is 6.92 Å². The third-order valence-corrected chi connectivity index (χ3v) is 3.92. The van der Waals surface area contributed by atoms with Gasteiger partial charge in [-0.25, -0.2) is 4.98 Å². The zero-order valence-electron chi connectivity index (χ0n) is 10.8. The summed E-state index contributed by atoms with van der Waals surface area (Å²) in [6, 6.07) is -0.603. The molecule has 1 aliphatic heterocycles.